The Kier molecular flexibility index (Phi) is 29.0. The summed E-state index contributed by atoms with van der Waals surface area (Å²) in [4.78, 5) is 31.9. The highest BCUT2D eigenvalue weighted by atomic mass is 35.5. The van der Waals surface area contributed by atoms with Gasteiger partial charge >= 0.3 is 6.18 Å². The fraction of sp³-hybridized carbons (Fsp3) is 0.711. The van der Waals surface area contributed by atoms with Crippen LogP contribution in [0.15, 0.2) is 101 Å². The van der Waals surface area contributed by atoms with Crippen molar-refractivity contribution in [1.82, 2.24) is 56.4 Å². The Bertz CT molecular complexity index is 2740. The summed E-state index contributed by atoms with van der Waals surface area (Å²) in [6, 6.07) is 16.8. The third kappa shape index (κ3) is 21.3. The summed E-state index contributed by atoms with van der Waals surface area (Å²) in [6.07, 6.45) is 29.7. The molecule has 2 aromatic rings. The molecule has 5 unspecified atom stereocenters. The second-order valence-electron chi connectivity index (χ2n) is 29.5. The lowest BCUT2D eigenvalue weighted by atomic mass is 9.74. The molecule has 0 aromatic heterocycles. The lowest BCUT2D eigenvalue weighted by Gasteiger charge is -2.60. The van der Waals surface area contributed by atoms with Crippen molar-refractivity contribution in [3.05, 3.63) is 118 Å². The second kappa shape index (κ2) is 36.2. The summed E-state index contributed by atoms with van der Waals surface area (Å²) in [5, 5.41) is 23.8. The lowest BCUT2D eigenvalue weighted by molar-refractivity contribution is -0.162. The number of allylic oxidation sites excluding steroid dienone is 4. The number of likely N-dealkylation sites (tertiary alicyclic amines) is 1. The molecule has 4 aliphatic heterocycles. The zero-order valence-corrected chi connectivity index (χ0v) is 59.7. The highest BCUT2D eigenvalue weighted by Crippen LogP contribution is 2.41. The van der Waals surface area contributed by atoms with Gasteiger partial charge in [-0.15, -0.1) is 0 Å². The number of piperidine rings is 1. The Balaban J connectivity index is 1.10. The van der Waals surface area contributed by atoms with E-state index >= 15 is 0 Å². The number of hydrogen-bond acceptors (Lipinski definition) is 12. The molecule has 2 aromatic carbocycles. The maximum absolute atomic E-state index is 14.8. The number of alkyl halides is 3. The Morgan fingerprint density at radius 1 is 0.796 bits per heavy atom. The van der Waals surface area contributed by atoms with E-state index in [1.807, 2.05) is 18.5 Å². The molecule has 2 aliphatic carbocycles. The molecule has 8 rings (SSSR count). The number of benzene rings is 2. The van der Waals surface area contributed by atoms with Crippen molar-refractivity contribution in [2.75, 3.05) is 66.5 Å². The average molecular weight is 1310 g/mol. The summed E-state index contributed by atoms with van der Waals surface area (Å²) >= 11 is 6.23. The van der Waals surface area contributed by atoms with Crippen molar-refractivity contribution < 1.29 is 18.0 Å². The maximum Gasteiger partial charge on any atom is 0.417 e. The molecule has 6 aliphatic rings. The predicted octanol–water partition coefficient (Wildman–Crippen LogP) is 13.9. The van der Waals surface area contributed by atoms with Crippen LogP contribution in [0.2, 0.25) is 5.02 Å². The van der Waals surface area contributed by atoms with Crippen LogP contribution in [0.1, 0.15) is 195 Å². The van der Waals surface area contributed by atoms with Crippen LogP contribution in [0, 0.1) is 23.7 Å². The molecule has 1 spiro atoms. The van der Waals surface area contributed by atoms with Gasteiger partial charge in [-0.05, 0) is 159 Å². The predicted molar refractivity (Wildman–Crippen MR) is 381 cm³/mol. The van der Waals surface area contributed by atoms with Crippen LogP contribution in [0.5, 0.6) is 0 Å². The molecule has 0 radical (unpaired) electrons. The molecular weight excluding hydrogens is 1190 g/mol. The topological polar surface area (TPSA) is 118 Å². The van der Waals surface area contributed by atoms with Gasteiger partial charge in [-0.2, -0.15) is 13.2 Å². The first-order valence-electron chi connectivity index (χ1n) is 36.6. The van der Waals surface area contributed by atoms with Crippen LogP contribution in [-0.2, 0) is 23.8 Å². The number of nitrogens with zero attached hydrogens (tertiary/aromatic N) is 6. The first-order valence-corrected chi connectivity index (χ1v) is 36.9. The first-order chi connectivity index (χ1) is 44.6. The maximum atomic E-state index is 14.8. The largest absolute Gasteiger partial charge is 0.417 e. The molecular formula is C76H122ClF3N12O. The number of amides is 1. The van der Waals surface area contributed by atoms with Crippen LogP contribution in [0.3, 0.4) is 0 Å². The number of nitrogens with one attached hydrogen (secondary N) is 6. The first kappa shape index (κ1) is 74.4. The Labute approximate surface area is 565 Å². The Morgan fingerprint density at radius 2 is 1.51 bits per heavy atom. The number of aryl methyl sites for hydroxylation is 2. The fourth-order valence-corrected chi connectivity index (χ4v) is 16.7. The monoisotopic (exact) mass is 1310 g/mol. The van der Waals surface area contributed by atoms with Gasteiger partial charge in [-0.25, -0.2) is 0 Å². The molecule has 0 bridgehead atoms. The van der Waals surface area contributed by atoms with E-state index in [1.165, 1.54) is 80.5 Å². The number of hydrogen-bond donors (Lipinski definition) is 6. The van der Waals surface area contributed by atoms with Gasteiger partial charge < -0.3 is 51.5 Å². The van der Waals surface area contributed by atoms with E-state index in [1.54, 1.807) is 0 Å². The van der Waals surface area contributed by atoms with Crippen LogP contribution in [-0.4, -0.2) is 163 Å². The van der Waals surface area contributed by atoms with Gasteiger partial charge in [-0.3, -0.25) is 14.7 Å². The van der Waals surface area contributed by atoms with Gasteiger partial charge in [0.2, 0.25) is 5.91 Å². The van der Waals surface area contributed by atoms with E-state index in [2.05, 4.69) is 182 Å². The summed E-state index contributed by atoms with van der Waals surface area (Å²) in [7, 11) is 4.34. The lowest BCUT2D eigenvalue weighted by Crippen LogP contribution is -2.76. The quantitative estimate of drug-likeness (QED) is 0.122. The van der Waals surface area contributed by atoms with Gasteiger partial charge in [0.05, 0.1) is 23.0 Å². The van der Waals surface area contributed by atoms with Crippen molar-refractivity contribution in [2.24, 2.45) is 28.7 Å². The van der Waals surface area contributed by atoms with Gasteiger partial charge in [0.1, 0.15) is 0 Å². The van der Waals surface area contributed by atoms with Crippen molar-refractivity contribution in [1.29, 1.82) is 0 Å². The SMILES string of the molecule is CC[C@H](C)[C@H]1CN[C@@H](C)C(C)NCC2[C@@H](C(=O)N3CCCCC3)C(C)N2[C@@H](C(C)C)C(C)NC2(CCCC2)CNCCN=CC=C(CCc2ccc(C(F)(F)F)c(Cl)c2)NC=CN(C)C=C(CC2CCCCC2)N(C)C=C2CCCN2[C@@H](CCc2ccccc2)C(C)N1. The smallest absolute Gasteiger partial charge is 0.369 e. The molecule has 4 heterocycles. The van der Waals surface area contributed by atoms with Gasteiger partial charge in [0, 0.05) is 168 Å². The van der Waals surface area contributed by atoms with Gasteiger partial charge in [0.25, 0.3) is 0 Å². The van der Waals surface area contributed by atoms with E-state index < -0.39 is 11.7 Å². The minimum Gasteiger partial charge on any atom is -0.369 e. The molecule has 13 nitrogen and oxygen atoms in total. The summed E-state index contributed by atoms with van der Waals surface area (Å²) in [5.74, 6) is 1.72. The van der Waals surface area contributed by atoms with Crippen LogP contribution in [0.4, 0.5) is 13.2 Å². The molecule has 11 atom stereocenters. The minimum absolute atomic E-state index is 0.0523. The summed E-state index contributed by atoms with van der Waals surface area (Å²) in [6.45, 7) is 27.8. The molecule has 17 heteroatoms. The highest BCUT2D eigenvalue weighted by Gasteiger charge is 2.55. The van der Waals surface area contributed by atoms with E-state index in [9.17, 15) is 18.0 Å². The molecule has 6 N–H and O–H groups in total. The van der Waals surface area contributed by atoms with E-state index in [-0.39, 0.29) is 70.9 Å². The van der Waals surface area contributed by atoms with Crippen molar-refractivity contribution >= 4 is 23.7 Å². The number of aliphatic imine (C=N–C) groups is 1. The molecule has 93 heavy (non-hydrogen) atoms. The van der Waals surface area contributed by atoms with Crippen LogP contribution in [0.25, 0.3) is 0 Å². The Morgan fingerprint density at radius 3 is 2.19 bits per heavy atom. The van der Waals surface area contributed by atoms with E-state index in [0.29, 0.717) is 43.0 Å². The number of rotatable bonds is 12. The zero-order valence-electron chi connectivity index (χ0n) is 59.0. The molecule has 520 valence electrons. The van der Waals surface area contributed by atoms with E-state index in [0.717, 1.165) is 127 Å². The highest BCUT2D eigenvalue weighted by molar-refractivity contribution is 6.31. The third-order valence-corrected chi connectivity index (χ3v) is 22.5. The summed E-state index contributed by atoms with van der Waals surface area (Å²) in [5.41, 5.74) is 4.79. The molecule has 2 saturated carbocycles. The standard InChI is InChI=1S/C76H122ClF3N12O/c1-12-55(4)69-49-84-56(5)57(6)85-50-71-72(74(93)90-43-22-15-23-44-90)60(9)92(71)73(54(2)3)59(8)87-75(37-20-21-38-75)53-82-41-40-81-39-36-64(33-30-63-31-34-67(68(77)48-63)76(78,79)80)83-42-46-88(10)51-66(47-62-27-18-14-19-28-62)89(11)52-65-29-24-45-91(65)70(58(7)86-69)35-32-61-25-16-13-17-26-61/h13,16-17,25-26,31,34,36,39,42,46,48,51-52,54-60,62,69-73,82-87H,12,14-15,18-24,27-30,32-33,35,37-38,40-41,43-45,47,49-50,53H2,1-11H3/t55-,56-,57?,58?,59?,60?,69+,70-,71?,72-,73-/m0/s1. The number of fused-ring (bicyclic) bond motifs is 2. The third-order valence-electron chi connectivity index (χ3n) is 22.2. The normalized spacial score (nSPS) is 29.2. The van der Waals surface area contributed by atoms with Crippen molar-refractivity contribution in [2.45, 2.75) is 257 Å². The van der Waals surface area contributed by atoms with Crippen molar-refractivity contribution in [3.8, 4) is 0 Å². The van der Waals surface area contributed by atoms with Crippen LogP contribution < -0.4 is 31.9 Å². The summed E-state index contributed by atoms with van der Waals surface area (Å²) < 4.78 is 41.2. The van der Waals surface area contributed by atoms with Gasteiger partial charge in [-0.1, -0.05) is 127 Å². The molecule has 1 amide bonds. The molecule has 5 fully saturated rings. The minimum atomic E-state index is -4.52. The number of carbonyl (C=O) groups excluding carboxylic acids is 1. The van der Waals surface area contributed by atoms with E-state index in [4.69, 9.17) is 16.6 Å². The number of carbonyl (C=O) groups is 1. The zero-order chi connectivity index (χ0) is 66.7. The second-order valence-corrected chi connectivity index (χ2v) is 29.9. The Hall–Kier alpha value is -4.42. The average Bonchev–Trinajstić information content (AvgIpc) is 1.09. The van der Waals surface area contributed by atoms with Crippen LogP contribution >= 0.6 is 11.6 Å². The van der Waals surface area contributed by atoms with Crippen molar-refractivity contribution in [3.63, 3.8) is 0 Å². The fourth-order valence-electron chi connectivity index (χ4n) is 16.4. The number of halogens is 4. The van der Waals surface area contributed by atoms with Gasteiger partial charge in [0.15, 0.2) is 0 Å². The molecule has 3 saturated heterocycles.